The molecular weight excluding hydrogens is 367 g/mol. The molecule has 0 aliphatic heterocycles. The van der Waals surface area contributed by atoms with Crippen LogP contribution in [-0.2, 0) is 16.0 Å². The molecule has 0 atom stereocenters. The van der Waals surface area contributed by atoms with Crippen molar-refractivity contribution < 1.29 is 18.7 Å². The van der Waals surface area contributed by atoms with Crippen molar-refractivity contribution in [3.05, 3.63) is 69.8 Å². The minimum absolute atomic E-state index is 0.150. The van der Waals surface area contributed by atoms with Crippen LogP contribution in [0.3, 0.4) is 0 Å². The minimum Gasteiger partial charge on any atom is -0.465 e. The Morgan fingerprint density at radius 2 is 1.78 bits per heavy atom. The first kappa shape index (κ1) is 18.7. The number of anilines is 1. The summed E-state index contributed by atoms with van der Waals surface area (Å²) in [6, 6.07) is 12.5. The second-order valence-corrected chi connectivity index (χ2v) is 7.09. The predicted molar refractivity (Wildman–Crippen MR) is 102 cm³/mol. The normalized spacial score (nSPS) is 10.5. The van der Waals surface area contributed by atoms with Crippen LogP contribution in [0, 0.1) is 12.7 Å². The van der Waals surface area contributed by atoms with Gasteiger partial charge in [0.15, 0.2) is 0 Å². The van der Waals surface area contributed by atoms with Gasteiger partial charge in [-0.1, -0.05) is 0 Å². The van der Waals surface area contributed by atoms with Gasteiger partial charge in [0.05, 0.1) is 29.8 Å². The molecular formula is C20H17FN2O3S. The smallest absolute Gasteiger partial charge is 0.337 e. The van der Waals surface area contributed by atoms with Crippen molar-refractivity contribution in [2.45, 2.75) is 13.3 Å². The van der Waals surface area contributed by atoms with E-state index in [9.17, 15) is 14.0 Å². The van der Waals surface area contributed by atoms with E-state index in [-0.39, 0.29) is 18.1 Å². The number of hydrogen-bond donors (Lipinski definition) is 1. The molecule has 1 amide bonds. The monoisotopic (exact) mass is 384 g/mol. The fourth-order valence-corrected chi connectivity index (χ4v) is 3.54. The fraction of sp³-hybridized carbons (Fsp3) is 0.150. The molecule has 1 N–H and O–H groups in total. The molecule has 7 heteroatoms. The van der Waals surface area contributed by atoms with Crippen molar-refractivity contribution in [3.63, 3.8) is 0 Å². The zero-order chi connectivity index (χ0) is 19.4. The number of nitrogens with zero attached hydrogens (tertiary/aromatic N) is 1. The van der Waals surface area contributed by atoms with Crippen molar-refractivity contribution in [1.82, 2.24) is 4.98 Å². The molecule has 3 rings (SSSR count). The van der Waals surface area contributed by atoms with Crippen LogP contribution in [0.4, 0.5) is 10.1 Å². The maximum atomic E-state index is 13.2. The van der Waals surface area contributed by atoms with E-state index in [0.29, 0.717) is 16.9 Å². The van der Waals surface area contributed by atoms with Gasteiger partial charge >= 0.3 is 5.97 Å². The van der Waals surface area contributed by atoms with Crippen LogP contribution in [0.2, 0.25) is 0 Å². The van der Waals surface area contributed by atoms with Crippen LogP contribution in [0.15, 0.2) is 48.5 Å². The summed E-state index contributed by atoms with van der Waals surface area (Å²) in [6.45, 7) is 1.87. The van der Waals surface area contributed by atoms with Crippen molar-refractivity contribution in [1.29, 1.82) is 0 Å². The van der Waals surface area contributed by atoms with Gasteiger partial charge in [-0.15, -0.1) is 11.3 Å². The largest absolute Gasteiger partial charge is 0.465 e. The molecule has 0 fully saturated rings. The van der Waals surface area contributed by atoms with Gasteiger partial charge in [0.2, 0.25) is 5.91 Å². The standard InChI is InChI=1S/C20H17FN2O3S/c1-12-22-19(13-3-7-15(21)8-4-13)17(27-12)11-18(24)23-16-9-5-14(6-10-16)20(25)26-2/h3-10H,11H2,1-2H3,(H,23,24). The van der Waals surface area contributed by atoms with Crippen LogP contribution in [0.1, 0.15) is 20.2 Å². The van der Waals surface area contributed by atoms with Crippen LogP contribution >= 0.6 is 11.3 Å². The zero-order valence-electron chi connectivity index (χ0n) is 14.8. The molecule has 0 radical (unpaired) electrons. The third-order valence-corrected chi connectivity index (χ3v) is 4.80. The number of aromatic nitrogens is 1. The number of halogens is 1. The summed E-state index contributed by atoms with van der Waals surface area (Å²) in [5, 5.41) is 3.63. The highest BCUT2D eigenvalue weighted by Gasteiger charge is 2.15. The summed E-state index contributed by atoms with van der Waals surface area (Å²) in [5.41, 5.74) is 2.45. The Morgan fingerprint density at radius 1 is 1.11 bits per heavy atom. The predicted octanol–water partition coefficient (Wildman–Crippen LogP) is 4.23. The van der Waals surface area contributed by atoms with Crippen molar-refractivity contribution in [2.24, 2.45) is 0 Å². The molecule has 1 heterocycles. The first-order chi connectivity index (χ1) is 13.0. The number of thiazole rings is 1. The molecule has 27 heavy (non-hydrogen) atoms. The maximum Gasteiger partial charge on any atom is 0.337 e. The summed E-state index contributed by atoms with van der Waals surface area (Å²) in [7, 11) is 1.31. The second kappa shape index (κ2) is 8.09. The van der Waals surface area contributed by atoms with E-state index in [1.807, 2.05) is 6.92 Å². The fourth-order valence-electron chi connectivity index (χ4n) is 2.58. The van der Waals surface area contributed by atoms with Gasteiger partial charge < -0.3 is 10.1 Å². The number of hydrogen-bond acceptors (Lipinski definition) is 5. The lowest BCUT2D eigenvalue weighted by molar-refractivity contribution is -0.115. The molecule has 0 saturated heterocycles. The topological polar surface area (TPSA) is 68.3 Å². The minimum atomic E-state index is -0.433. The van der Waals surface area contributed by atoms with Crippen molar-refractivity contribution in [2.75, 3.05) is 12.4 Å². The highest BCUT2D eigenvalue weighted by molar-refractivity contribution is 7.12. The number of carbonyl (C=O) groups is 2. The summed E-state index contributed by atoms with van der Waals surface area (Å²) in [4.78, 5) is 29.1. The lowest BCUT2D eigenvalue weighted by Crippen LogP contribution is -2.14. The Balaban J connectivity index is 1.73. The SMILES string of the molecule is COC(=O)c1ccc(NC(=O)Cc2sc(C)nc2-c2ccc(F)cc2)cc1. The van der Waals surface area contributed by atoms with Crippen LogP contribution < -0.4 is 5.32 Å². The molecule has 1 aromatic heterocycles. The quantitative estimate of drug-likeness (QED) is 0.669. The molecule has 5 nitrogen and oxygen atoms in total. The van der Waals surface area contributed by atoms with Gasteiger partial charge in [0.1, 0.15) is 5.82 Å². The third kappa shape index (κ3) is 4.57. The van der Waals surface area contributed by atoms with E-state index in [4.69, 9.17) is 0 Å². The molecule has 0 aliphatic rings. The van der Waals surface area contributed by atoms with Gasteiger partial charge in [0.25, 0.3) is 0 Å². The van der Waals surface area contributed by atoms with Crippen LogP contribution in [0.5, 0.6) is 0 Å². The average molecular weight is 384 g/mol. The Kier molecular flexibility index (Phi) is 5.61. The molecule has 0 unspecified atom stereocenters. The molecule has 138 valence electrons. The number of benzene rings is 2. The first-order valence-electron chi connectivity index (χ1n) is 8.16. The lowest BCUT2D eigenvalue weighted by atomic mass is 10.1. The molecule has 0 bridgehead atoms. The number of carbonyl (C=O) groups excluding carboxylic acids is 2. The highest BCUT2D eigenvalue weighted by Crippen LogP contribution is 2.29. The number of esters is 1. The van der Waals surface area contributed by atoms with Crippen LogP contribution in [-0.4, -0.2) is 24.0 Å². The number of amides is 1. The van der Waals surface area contributed by atoms with Crippen LogP contribution in [0.25, 0.3) is 11.3 Å². The summed E-state index contributed by atoms with van der Waals surface area (Å²) in [5.74, 6) is -0.954. The number of rotatable bonds is 5. The lowest BCUT2D eigenvalue weighted by Gasteiger charge is -2.06. The van der Waals surface area contributed by atoms with E-state index >= 15 is 0 Å². The first-order valence-corrected chi connectivity index (χ1v) is 8.98. The van der Waals surface area contributed by atoms with Gasteiger partial charge in [-0.3, -0.25) is 4.79 Å². The Labute approximate surface area is 159 Å². The summed E-state index contributed by atoms with van der Waals surface area (Å²) >= 11 is 1.43. The van der Waals surface area contributed by atoms with Gasteiger partial charge in [-0.25, -0.2) is 14.2 Å². The Morgan fingerprint density at radius 3 is 2.41 bits per heavy atom. The summed E-state index contributed by atoms with van der Waals surface area (Å²) in [6.07, 6.45) is 0.150. The number of ether oxygens (including phenoxy) is 1. The summed E-state index contributed by atoms with van der Waals surface area (Å²) < 4.78 is 17.8. The molecule has 3 aromatic rings. The molecule has 0 saturated carbocycles. The Hall–Kier alpha value is -3.06. The van der Waals surface area contributed by atoms with E-state index in [1.54, 1.807) is 36.4 Å². The number of methoxy groups -OCH3 is 1. The van der Waals surface area contributed by atoms with E-state index in [0.717, 1.165) is 15.4 Å². The highest BCUT2D eigenvalue weighted by atomic mass is 32.1. The third-order valence-electron chi connectivity index (χ3n) is 3.83. The Bertz CT molecular complexity index is 966. The molecule has 2 aromatic carbocycles. The molecule has 0 aliphatic carbocycles. The number of nitrogens with one attached hydrogen (secondary N) is 1. The van der Waals surface area contributed by atoms with E-state index in [1.165, 1.54) is 30.6 Å². The maximum absolute atomic E-state index is 13.2. The number of aryl methyl sites for hydroxylation is 1. The van der Waals surface area contributed by atoms with E-state index in [2.05, 4.69) is 15.0 Å². The average Bonchev–Trinajstić information content (AvgIpc) is 3.02. The molecule has 0 spiro atoms. The second-order valence-electron chi connectivity index (χ2n) is 5.81. The van der Waals surface area contributed by atoms with Crippen molar-refractivity contribution >= 4 is 28.9 Å². The van der Waals surface area contributed by atoms with Gasteiger partial charge in [0, 0.05) is 16.1 Å². The van der Waals surface area contributed by atoms with Crippen molar-refractivity contribution in [3.8, 4) is 11.3 Å². The van der Waals surface area contributed by atoms with Gasteiger partial charge in [-0.2, -0.15) is 0 Å². The van der Waals surface area contributed by atoms with Gasteiger partial charge in [-0.05, 0) is 55.5 Å². The van der Waals surface area contributed by atoms with E-state index < -0.39 is 5.97 Å². The zero-order valence-corrected chi connectivity index (χ0v) is 15.6.